The summed E-state index contributed by atoms with van der Waals surface area (Å²) in [6, 6.07) is 16.5. The number of benzene rings is 2. The van der Waals surface area contributed by atoms with Crippen LogP contribution in [0.3, 0.4) is 0 Å². The lowest BCUT2D eigenvalue weighted by Crippen LogP contribution is -2.30. The van der Waals surface area contributed by atoms with E-state index < -0.39 is 0 Å². The molecule has 0 radical (unpaired) electrons. The van der Waals surface area contributed by atoms with Gasteiger partial charge in [-0.1, -0.05) is 35.9 Å². The molecule has 2 aromatic rings. The van der Waals surface area contributed by atoms with Crippen molar-refractivity contribution in [2.45, 2.75) is 32.6 Å². The Morgan fingerprint density at radius 1 is 0.720 bits per heavy atom. The van der Waals surface area contributed by atoms with Crippen LogP contribution >= 0.6 is 0 Å². The summed E-state index contributed by atoms with van der Waals surface area (Å²) in [5.41, 5.74) is 1.12. The average molecular weight is 338 g/mol. The van der Waals surface area contributed by atoms with Crippen LogP contribution < -0.4 is 9.47 Å². The first-order valence-corrected chi connectivity index (χ1v) is 8.67. The van der Waals surface area contributed by atoms with Crippen molar-refractivity contribution in [2.24, 2.45) is 11.8 Å². The Morgan fingerprint density at radius 2 is 1.16 bits per heavy atom. The number of hydrogen-bond donors (Lipinski definition) is 0. The van der Waals surface area contributed by atoms with Gasteiger partial charge < -0.3 is 9.47 Å². The van der Waals surface area contributed by atoms with E-state index in [1.807, 2.05) is 37.3 Å². The second-order valence-corrected chi connectivity index (χ2v) is 6.52. The zero-order valence-electron chi connectivity index (χ0n) is 14.3. The number of carbonyl (C=O) groups excluding carboxylic acids is 2. The molecule has 1 aliphatic carbocycles. The molecule has 130 valence electrons. The highest BCUT2D eigenvalue weighted by atomic mass is 16.5. The van der Waals surface area contributed by atoms with Crippen molar-refractivity contribution >= 4 is 11.9 Å². The van der Waals surface area contributed by atoms with Crippen LogP contribution in [-0.4, -0.2) is 11.9 Å². The molecule has 0 aromatic heterocycles. The van der Waals surface area contributed by atoms with E-state index in [1.165, 1.54) is 0 Å². The Hall–Kier alpha value is -2.62. The lowest BCUT2D eigenvalue weighted by atomic mass is 9.82. The van der Waals surface area contributed by atoms with E-state index in [2.05, 4.69) is 0 Å². The van der Waals surface area contributed by atoms with Gasteiger partial charge in [-0.05, 0) is 56.9 Å². The first kappa shape index (κ1) is 17.2. The maximum Gasteiger partial charge on any atom is 0.314 e. The number of aryl methyl sites for hydroxylation is 1. The molecule has 4 heteroatoms. The predicted octanol–water partition coefficient (Wildman–Crippen LogP) is 4.31. The molecule has 0 unspecified atom stereocenters. The van der Waals surface area contributed by atoms with Crippen LogP contribution in [0.25, 0.3) is 0 Å². The SMILES string of the molecule is Cc1ccc(OC(=O)C2CCC(C(=O)Oc3ccccc3)CC2)cc1. The van der Waals surface area contributed by atoms with Gasteiger partial charge in [0.25, 0.3) is 0 Å². The van der Waals surface area contributed by atoms with Crippen LogP contribution in [0.5, 0.6) is 11.5 Å². The van der Waals surface area contributed by atoms with E-state index in [0.29, 0.717) is 37.2 Å². The standard InChI is InChI=1S/C21H22O4/c1-15-7-13-19(14-8-15)25-21(23)17-11-9-16(10-12-17)20(22)24-18-5-3-2-4-6-18/h2-8,13-14,16-17H,9-12H2,1H3. The minimum atomic E-state index is -0.212. The van der Waals surface area contributed by atoms with Gasteiger partial charge in [0.15, 0.2) is 0 Å². The van der Waals surface area contributed by atoms with Gasteiger partial charge in [0.1, 0.15) is 11.5 Å². The third-order valence-electron chi connectivity index (χ3n) is 4.59. The predicted molar refractivity (Wildman–Crippen MR) is 94.3 cm³/mol. The van der Waals surface area contributed by atoms with Crippen molar-refractivity contribution in [1.82, 2.24) is 0 Å². The van der Waals surface area contributed by atoms with Crippen LogP contribution in [0.2, 0.25) is 0 Å². The quantitative estimate of drug-likeness (QED) is 0.616. The van der Waals surface area contributed by atoms with Crippen LogP contribution in [0.15, 0.2) is 54.6 Å². The van der Waals surface area contributed by atoms with E-state index in [1.54, 1.807) is 24.3 Å². The van der Waals surface area contributed by atoms with Crippen molar-refractivity contribution in [2.75, 3.05) is 0 Å². The summed E-state index contributed by atoms with van der Waals surface area (Å²) in [5, 5.41) is 0. The molecule has 3 rings (SSSR count). The fourth-order valence-electron chi connectivity index (χ4n) is 3.06. The minimum Gasteiger partial charge on any atom is -0.426 e. The van der Waals surface area contributed by atoms with E-state index in [-0.39, 0.29) is 23.8 Å². The minimum absolute atomic E-state index is 0.149. The van der Waals surface area contributed by atoms with Crippen molar-refractivity contribution < 1.29 is 19.1 Å². The van der Waals surface area contributed by atoms with Crippen molar-refractivity contribution in [3.05, 3.63) is 60.2 Å². The lowest BCUT2D eigenvalue weighted by Gasteiger charge is -2.25. The van der Waals surface area contributed by atoms with Crippen molar-refractivity contribution in [3.63, 3.8) is 0 Å². The van der Waals surface area contributed by atoms with E-state index in [0.717, 1.165) is 5.56 Å². The second-order valence-electron chi connectivity index (χ2n) is 6.52. The number of carbonyl (C=O) groups is 2. The fourth-order valence-corrected chi connectivity index (χ4v) is 3.06. The highest BCUT2D eigenvalue weighted by Gasteiger charge is 2.32. The van der Waals surface area contributed by atoms with E-state index >= 15 is 0 Å². The molecule has 0 saturated heterocycles. The first-order valence-electron chi connectivity index (χ1n) is 8.67. The number of para-hydroxylation sites is 1. The maximum atomic E-state index is 12.3. The molecule has 1 aliphatic rings. The summed E-state index contributed by atoms with van der Waals surface area (Å²) in [4.78, 5) is 24.5. The van der Waals surface area contributed by atoms with Gasteiger partial charge >= 0.3 is 11.9 Å². The average Bonchev–Trinajstić information content (AvgIpc) is 2.64. The van der Waals surface area contributed by atoms with Gasteiger partial charge in [0.2, 0.25) is 0 Å². The van der Waals surface area contributed by atoms with Gasteiger partial charge in [-0.15, -0.1) is 0 Å². The Bertz CT molecular complexity index is 713. The normalized spacial score (nSPS) is 19.9. The highest BCUT2D eigenvalue weighted by Crippen LogP contribution is 2.31. The summed E-state index contributed by atoms with van der Waals surface area (Å²) in [6.45, 7) is 1.99. The molecule has 1 saturated carbocycles. The van der Waals surface area contributed by atoms with Crippen molar-refractivity contribution in [3.8, 4) is 11.5 Å². The van der Waals surface area contributed by atoms with Crippen LogP contribution in [-0.2, 0) is 9.59 Å². The number of rotatable bonds is 4. The lowest BCUT2D eigenvalue weighted by molar-refractivity contribution is -0.145. The molecule has 0 aliphatic heterocycles. The molecule has 0 atom stereocenters. The topological polar surface area (TPSA) is 52.6 Å². The van der Waals surface area contributed by atoms with Crippen LogP contribution in [0.1, 0.15) is 31.2 Å². The third-order valence-corrected chi connectivity index (χ3v) is 4.59. The number of ether oxygens (including phenoxy) is 2. The summed E-state index contributed by atoms with van der Waals surface area (Å²) in [7, 11) is 0. The Morgan fingerprint density at radius 3 is 1.64 bits per heavy atom. The third kappa shape index (κ3) is 4.69. The Labute approximate surface area is 147 Å². The Kier molecular flexibility index (Phi) is 5.49. The maximum absolute atomic E-state index is 12.3. The smallest absolute Gasteiger partial charge is 0.314 e. The van der Waals surface area contributed by atoms with Gasteiger partial charge in [-0.25, -0.2) is 0 Å². The number of hydrogen-bond acceptors (Lipinski definition) is 4. The van der Waals surface area contributed by atoms with Gasteiger partial charge in [0, 0.05) is 0 Å². The largest absolute Gasteiger partial charge is 0.426 e. The van der Waals surface area contributed by atoms with E-state index in [9.17, 15) is 9.59 Å². The summed E-state index contributed by atoms with van der Waals surface area (Å²) >= 11 is 0. The molecular formula is C21H22O4. The number of esters is 2. The summed E-state index contributed by atoms with van der Waals surface area (Å²) in [6.07, 6.45) is 2.61. The Balaban J connectivity index is 1.48. The van der Waals surface area contributed by atoms with Gasteiger partial charge in [-0.3, -0.25) is 9.59 Å². The van der Waals surface area contributed by atoms with E-state index in [4.69, 9.17) is 9.47 Å². The summed E-state index contributed by atoms with van der Waals surface area (Å²) in [5.74, 6) is 0.413. The molecule has 0 amide bonds. The second kappa shape index (κ2) is 7.97. The zero-order valence-corrected chi connectivity index (χ0v) is 14.3. The van der Waals surface area contributed by atoms with Crippen LogP contribution in [0, 0.1) is 18.8 Å². The monoisotopic (exact) mass is 338 g/mol. The highest BCUT2D eigenvalue weighted by molar-refractivity contribution is 5.77. The molecule has 1 fully saturated rings. The molecule has 4 nitrogen and oxygen atoms in total. The zero-order chi connectivity index (χ0) is 17.6. The summed E-state index contributed by atoms with van der Waals surface area (Å²) < 4.78 is 10.8. The molecule has 0 spiro atoms. The van der Waals surface area contributed by atoms with Gasteiger partial charge in [-0.2, -0.15) is 0 Å². The molecule has 0 N–H and O–H groups in total. The van der Waals surface area contributed by atoms with Gasteiger partial charge in [0.05, 0.1) is 11.8 Å². The molecular weight excluding hydrogens is 316 g/mol. The fraction of sp³-hybridized carbons (Fsp3) is 0.333. The first-order chi connectivity index (χ1) is 12.1. The van der Waals surface area contributed by atoms with Crippen LogP contribution in [0.4, 0.5) is 0 Å². The molecule has 2 aromatic carbocycles. The molecule has 0 heterocycles. The molecule has 25 heavy (non-hydrogen) atoms. The van der Waals surface area contributed by atoms with Crippen molar-refractivity contribution in [1.29, 1.82) is 0 Å². The molecule has 0 bridgehead atoms.